The lowest BCUT2D eigenvalue weighted by Gasteiger charge is -2.44. The number of ether oxygens (including phenoxy) is 1. The zero-order valence-electron chi connectivity index (χ0n) is 11.7. The van der Waals surface area contributed by atoms with Crippen LogP contribution in [0.2, 0.25) is 0 Å². The van der Waals surface area contributed by atoms with Crippen molar-refractivity contribution < 1.29 is 13.9 Å². The van der Waals surface area contributed by atoms with Crippen molar-refractivity contribution in [3.05, 3.63) is 24.2 Å². The van der Waals surface area contributed by atoms with Gasteiger partial charge in [-0.05, 0) is 31.4 Å². The van der Waals surface area contributed by atoms with Crippen molar-refractivity contribution in [3.8, 4) is 0 Å². The van der Waals surface area contributed by atoms with Gasteiger partial charge >= 0.3 is 0 Å². The molecule has 3 fully saturated rings. The molecular formula is C16H21NO3. The van der Waals surface area contributed by atoms with Crippen LogP contribution in [-0.4, -0.2) is 36.1 Å². The summed E-state index contributed by atoms with van der Waals surface area (Å²) >= 11 is 0. The van der Waals surface area contributed by atoms with E-state index in [-0.39, 0.29) is 12.0 Å². The van der Waals surface area contributed by atoms with Gasteiger partial charge in [0.15, 0.2) is 0 Å². The molecule has 1 saturated heterocycles. The highest BCUT2D eigenvalue weighted by Gasteiger charge is 2.50. The molecule has 0 bridgehead atoms. The molecule has 4 nitrogen and oxygen atoms in total. The molecule has 2 aliphatic carbocycles. The van der Waals surface area contributed by atoms with E-state index >= 15 is 0 Å². The topological polar surface area (TPSA) is 42.7 Å². The minimum absolute atomic E-state index is 0.141. The summed E-state index contributed by atoms with van der Waals surface area (Å²) in [6.45, 7) is 1.46. The highest BCUT2D eigenvalue weighted by atomic mass is 16.5. The van der Waals surface area contributed by atoms with E-state index < -0.39 is 0 Å². The van der Waals surface area contributed by atoms with Crippen molar-refractivity contribution in [2.24, 2.45) is 5.92 Å². The Kier molecular flexibility index (Phi) is 3.06. The molecule has 1 aromatic heterocycles. The minimum Gasteiger partial charge on any atom is -0.469 e. The molecule has 20 heavy (non-hydrogen) atoms. The quantitative estimate of drug-likeness (QED) is 0.833. The molecule has 0 radical (unpaired) electrons. The number of hydrogen-bond acceptors (Lipinski definition) is 3. The third-order valence-corrected chi connectivity index (χ3v) is 5.03. The van der Waals surface area contributed by atoms with Gasteiger partial charge in [0.05, 0.1) is 25.0 Å². The van der Waals surface area contributed by atoms with Gasteiger partial charge in [-0.15, -0.1) is 0 Å². The number of furan rings is 1. The van der Waals surface area contributed by atoms with Crippen LogP contribution in [0.4, 0.5) is 0 Å². The third-order valence-electron chi connectivity index (χ3n) is 5.03. The summed E-state index contributed by atoms with van der Waals surface area (Å²) in [4.78, 5) is 14.9. The second kappa shape index (κ2) is 4.92. The highest BCUT2D eigenvalue weighted by molar-refractivity contribution is 5.83. The van der Waals surface area contributed by atoms with Gasteiger partial charge in [0.25, 0.3) is 0 Å². The SMILES string of the molecule is O=C([C@@H]1C[C@@H]1c1ccco1)N1CCO[C@@H]2CCCC[C@@H]21. The number of nitrogens with zero attached hydrogens (tertiary/aromatic N) is 1. The molecule has 0 spiro atoms. The van der Waals surface area contributed by atoms with E-state index in [2.05, 4.69) is 4.90 Å². The van der Waals surface area contributed by atoms with Crippen LogP contribution in [0, 0.1) is 5.92 Å². The molecule has 0 aromatic carbocycles. The number of carbonyl (C=O) groups is 1. The summed E-state index contributed by atoms with van der Waals surface area (Å²) in [5.74, 6) is 1.74. The van der Waals surface area contributed by atoms with Gasteiger partial charge in [0, 0.05) is 18.4 Å². The smallest absolute Gasteiger partial charge is 0.226 e. The fourth-order valence-corrected chi connectivity index (χ4v) is 3.87. The molecule has 1 amide bonds. The Bertz CT molecular complexity index is 482. The summed E-state index contributed by atoms with van der Waals surface area (Å²) < 4.78 is 11.3. The molecular weight excluding hydrogens is 254 g/mol. The molecule has 4 atom stereocenters. The Balaban J connectivity index is 1.46. The first-order valence-electron chi connectivity index (χ1n) is 7.80. The summed E-state index contributed by atoms with van der Waals surface area (Å²) in [6.07, 6.45) is 7.60. The Morgan fingerprint density at radius 2 is 2.20 bits per heavy atom. The first kappa shape index (κ1) is 12.5. The van der Waals surface area contributed by atoms with Crippen molar-refractivity contribution in [3.63, 3.8) is 0 Å². The van der Waals surface area contributed by atoms with E-state index in [9.17, 15) is 4.79 Å². The van der Waals surface area contributed by atoms with Crippen LogP contribution >= 0.6 is 0 Å². The molecule has 2 heterocycles. The monoisotopic (exact) mass is 275 g/mol. The molecule has 0 N–H and O–H groups in total. The summed E-state index contributed by atoms with van der Waals surface area (Å²) in [5, 5.41) is 0. The average Bonchev–Trinajstić information content (AvgIpc) is 3.11. The van der Waals surface area contributed by atoms with Crippen LogP contribution in [0.5, 0.6) is 0 Å². The summed E-state index contributed by atoms with van der Waals surface area (Å²) in [6, 6.07) is 4.21. The predicted octanol–water partition coefficient (Wildman–Crippen LogP) is 2.55. The van der Waals surface area contributed by atoms with Crippen molar-refractivity contribution in [2.45, 2.75) is 50.2 Å². The van der Waals surface area contributed by atoms with Gasteiger partial charge in [-0.3, -0.25) is 4.79 Å². The molecule has 3 aliphatic rings. The third kappa shape index (κ3) is 2.06. The standard InChI is InChI=1S/C16H21NO3/c18-16(12-10-11(12)14-6-3-8-19-14)17-7-9-20-15-5-2-1-4-13(15)17/h3,6,8,11-13,15H,1-2,4-5,7,9-10H2/t11-,12+,13-,15+/m0/s1. The predicted molar refractivity (Wildman–Crippen MR) is 73.3 cm³/mol. The Morgan fingerprint density at radius 1 is 1.30 bits per heavy atom. The van der Waals surface area contributed by atoms with Gasteiger partial charge in [0.1, 0.15) is 5.76 Å². The number of hydrogen-bond donors (Lipinski definition) is 0. The normalized spacial score (nSPS) is 36.5. The van der Waals surface area contributed by atoms with Gasteiger partial charge in [-0.2, -0.15) is 0 Å². The van der Waals surface area contributed by atoms with Crippen LogP contribution in [0.25, 0.3) is 0 Å². The maximum atomic E-state index is 12.7. The molecule has 2 saturated carbocycles. The summed E-state index contributed by atoms with van der Waals surface area (Å²) in [7, 11) is 0. The fourth-order valence-electron chi connectivity index (χ4n) is 3.87. The van der Waals surface area contributed by atoms with Crippen LogP contribution in [0.15, 0.2) is 22.8 Å². The second-order valence-corrected chi connectivity index (χ2v) is 6.26. The first-order valence-corrected chi connectivity index (χ1v) is 7.80. The maximum Gasteiger partial charge on any atom is 0.226 e. The van der Waals surface area contributed by atoms with Crippen LogP contribution in [0.1, 0.15) is 43.8 Å². The zero-order chi connectivity index (χ0) is 13.5. The number of fused-ring (bicyclic) bond motifs is 1. The fraction of sp³-hybridized carbons (Fsp3) is 0.688. The van der Waals surface area contributed by atoms with Crippen molar-refractivity contribution in [1.29, 1.82) is 0 Å². The highest BCUT2D eigenvalue weighted by Crippen LogP contribution is 2.49. The van der Waals surface area contributed by atoms with Gasteiger partial charge in [-0.25, -0.2) is 0 Å². The Hall–Kier alpha value is -1.29. The van der Waals surface area contributed by atoms with Crippen molar-refractivity contribution >= 4 is 5.91 Å². The van der Waals surface area contributed by atoms with E-state index in [0.29, 0.717) is 24.5 Å². The van der Waals surface area contributed by atoms with Gasteiger partial charge in [0.2, 0.25) is 5.91 Å². The minimum atomic E-state index is 0.141. The molecule has 1 aromatic rings. The van der Waals surface area contributed by atoms with Crippen molar-refractivity contribution in [2.75, 3.05) is 13.2 Å². The zero-order valence-corrected chi connectivity index (χ0v) is 11.7. The summed E-state index contributed by atoms with van der Waals surface area (Å²) in [5.41, 5.74) is 0. The largest absolute Gasteiger partial charge is 0.469 e. The van der Waals surface area contributed by atoms with Gasteiger partial charge < -0.3 is 14.1 Å². The van der Waals surface area contributed by atoms with Crippen LogP contribution in [0.3, 0.4) is 0 Å². The van der Waals surface area contributed by atoms with E-state index in [1.807, 2.05) is 12.1 Å². The maximum absolute atomic E-state index is 12.7. The molecule has 0 unspecified atom stereocenters. The number of morpholine rings is 1. The van der Waals surface area contributed by atoms with E-state index in [4.69, 9.17) is 9.15 Å². The number of carbonyl (C=O) groups excluding carboxylic acids is 1. The average molecular weight is 275 g/mol. The second-order valence-electron chi connectivity index (χ2n) is 6.26. The first-order chi connectivity index (χ1) is 9.84. The van der Waals surface area contributed by atoms with Crippen molar-refractivity contribution in [1.82, 2.24) is 4.90 Å². The lowest BCUT2D eigenvalue weighted by molar-refractivity contribution is -0.151. The lowest BCUT2D eigenvalue weighted by atomic mass is 9.90. The molecule has 4 heteroatoms. The van der Waals surface area contributed by atoms with E-state index in [0.717, 1.165) is 31.6 Å². The van der Waals surface area contributed by atoms with Crippen LogP contribution in [-0.2, 0) is 9.53 Å². The Morgan fingerprint density at radius 3 is 3.05 bits per heavy atom. The van der Waals surface area contributed by atoms with Gasteiger partial charge in [-0.1, -0.05) is 12.8 Å². The lowest BCUT2D eigenvalue weighted by Crippen LogP contribution is -2.55. The molecule has 4 rings (SSSR count). The Labute approximate surface area is 119 Å². The number of rotatable bonds is 2. The molecule has 1 aliphatic heterocycles. The van der Waals surface area contributed by atoms with E-state index in [1.54, 1.807) is 6.26 Å². The van der Waals surface area contributed by atoms with E-state index in [1.165, 1.54) is 12.8 Å². The number of amides is 1. The molecule has 108 valence electrons. The van der Waals surface area contributed by atoms with Crippen LogP contribution < -0.4 is 0 Å².